The Morgan fingerprint density at radius 3 is 2.67 bits per heavy atom. The molecule has 3 rings (SSSR count). The summed E-state index contributed by atoms with van der Waals surface area (Å²) in [6, 6.07) is 1.44. The molecule has 0 bridgehead atoms. The Bertz CT molecular complexity index is 297. The first-order valence-corrected chi connectivity index (χ1v) is 7.61. The maximum absolute atomic E-state index is 12.2. The van der Waals surface area contributed by atoms with E-state index in [1.165, 1.54) is 32.1 Å². The Hall–Kier alpha value is -0.610. The van der Waals surface area contributed by atoms with Crippen molar-refractivity contribution in [3.8, 4) is 0 Å². The molecule has 0 radical (unpaired) electrons. The van der Waals surface area contributed by atoms with Gasteiger partial charge >= 0.3 is 0 Å². The molecule has 4 nitrogen and oxygen atoms in total. The highest BCUT2D eigenvalue weighted by molar-refractivity contribution is 5.82. The SMILES string of the molecule is O=C1NCCCCC1N(CC1CCCN1)C1CC1. The van der Waals surface area contributed by atoms with E-state index in [-0.39, 0.29) is 11.9 Å². The van der Waals surface area contributed by atoms with Crippen LogP contribution in [0.4, 0.5) is 0 Å². The number of carbonyl (C=O) groups excluding carboxylic acids is 1. The largest absolute Gasteiger partial charge is 0.355 e. The standard InChI is InChI=1S/C14H25N3O/c18-14-13(5-1-2-8-16-14)17(12-6-7-12)10-11-4-3-9-15-11/h11-13,15H,1-10H2,(H,16,18). The lowest BCUT2D eigenvalue weighted by Gasteiger charge is -2.32. The quantitative estimate of drug-likeness (QED) is 0.779. The summed E-state index contributed by atoms with van der Waals surface area (Å²) in [6.07, 6.45) is 8.52. The maximum atomic E-state index is 12.2. The molecule has 2 saturated heterocycles. The number of rotatable bonds is 4. The second-order valence-corrected chi connectivity index (χ2v) is 6.02. The lowest BCUT2D eigenvalue weighted by atomic mass is 10.1. The zero-order chi connectivity index (χ0) is 12.4. The van der Waals surface area contributed by atoms with Crippen molar-refractivity contribution >= 4 is 5.91 Å². The fourth-order valence-corrected chi connectivity index (χ4v) is 3.34. The Labute approximate surface area is 109 Å². The molecule has 0 aromatic heterocycles. The summed E-state index contributed by atoms with van der Waals surface area (Å²) >= 11 is 0. The van der Waals surface area contributed by atoms with Gasteiger partial charge in [-0.25, -0.2) is 0 Å². The molecule has 1 amide bonds. The van der Waals surface area contributed by atoms with Crippen LogP contribution in [0.2, 0.25) is 0 Å². The average molecular weight is 251 g/mol. The van der Waals surface area contributed by atoms with Crippen molar-refractivity contribution in [2.75, 3.05) is 19.6 Å². The number of nitrogens with one attached hydrogen (secondary N) is 2. The van der Waals surface area contributed by atoms with E-state index in [0.29, 0.717) is 12.1 Å². The Morgan fingerprint density at radius 1 is 1.06 bits per heavy atom. The lowest BCUT2D eigenvalue weighted by Crippen LogP contribution is -2.50. The highest BCUT2D eigenvalue weighted by Gasteiger charge is 2.38. The molecule has 2 N–H and O–H groups in total. The van der Waals surface area contributed by atoms with Crippen molar-refractivity contribution in [3.05, 3.63) is 0 Å². The van der Waals surface area contributed by atoms with E-state index in [1.807, 2.05) is 0 Å². The summed E-state index contributed by atoms with van der Waals surface area (Å²) < 4.78 is 0. The lowest BCUT2D eigenvalue weighted by molar-refractivity contribution is -0.126. The van der Waals surface area contributed by atoms with Crippen LogP contribution in [0.25, 0.3) is 0 Å². The molecule has 3 fully saturated rings. The van der Waals surface area contributed by atoms with Crippen LogP contribution < -0.4 is 10.6 Å². The molecule has 0 aromatic carbocycles. The summed E-state index contributed by atoms with van der Waals surface area (Å²) in [5.41, 5.74) is 0. The number of carbonyl (C=O) groups is 1. The van der Waals surface area contributed by atoms with Crippen LogP contribution in [0.3, 0.4) is 0 Å². The summed E-state index contributed by atoms with van der Waals surface area (Å²) in [7, 11) is 0. The van der Waals surface area contributed by atoms with E-state index < -0.39 is 0 Å². The zero-order valence-electron chi connectivity index (χ0n) is 11.2. The van der Waals surface area contributed by atoms with Gasteiger partial charge in [0.15, 0.2) is 0 Å². The highest BCUT2D eigenvalue weighted by atomic mass is 16.2. The topological polar surface area (TPSA) is 44.4 Å². The first kappa shape index (κ1) is 12.4. The third kappa shape index (κ3) is 2.86. The molecule has 102 valence electrons. The maximum Gasteiger partial charge on any atom is 0.237 e. The summed E-state index contributed by atoms with van der Waals surface area (Å²) in [5.74, 6) is 0.275. The molecule has 1 saturated carbocycles. The van der Waals surface area contributed by atoms with Crippen LogP contribution in [0, 0.1) is 0 Å². The molecule has 18 heavy (non-hydrogen) atoms. The van der Waals surface area contributed by atoms with Gasteiger partial charge in [0.05, 0.1) is 6.04 Å². The van der Waals surface area contributed by atoms with Gasteiger partial charge in [0.2, 0.25) is 5.91 Å². The number of hydrogen-bond acceptors (Lipinski definition) is 3. The van der Waals surface area contributed by atoms with E-state index in [0.717, 1.165) is 32.5 Å². The van der Waals surface area contributed by atoms with Crippen molar-refractivity contribution in [2.24, 2.45) is 0 Å². The van der Waals surface area contributed by atoms with Gasteiger partial charge in [0, 0.05) is 25.2 Å². The first-order chi connectivity index (χ1) is 8.84. The Morgan fingerprint density at radius 2 is 1.94 bits per heavy atom. The minimum absolute atomic E-state index is 0.141. The molecular formula is C14H25N3O. The predicted molar refractivity (Wildman–Crippen MR) is 71.4 cm³/mol. The van der Waals surface area contributed by atoms with Crippen LogP contribution in [0.1, 0.15) is 44.9 Å². The summed E-state index contributed by atoms with van der Waals surface area (Å²) in [6.45, 7) is 3.10. The van der Waals surface area contributed by atoms with Gasteiger partial charge in [0.25, 0.3) is 0 Å². The fourth-order valence-electron chi connectivity index (χ4n) is 3.34. The van der Waals surface area contributed by atoms with Crippen molar-refractivity contribution in [1.29, 1.82) is 0 Å². The van der Waals surface area contributed by atoms with Gasteiger partial charge in [-0.3, -0.25) is 9.69 Å². The van der Waals surface area contributed by atoms with Crippen molar-refractivity contribution < 1.29 is 4.79 Å². The summed E-state index contributed by atoms with van der Waals surface area (Å²) in [5, 5.41) is 6.65. The van der Waals surface area contributed by atoms with Gasteiger partial charge in [-0.1, -0.05) is 0 Å². The van der Waals surface area contributed by atoms with Gasteiger partial charge in [-0.2, -0.15) is 0 Å². The highest BCUT2D eigenvalue weighted by Crippen LogP contribution is 2.31. The van der Waals surface area contributed by atoms with E-state index in [9.17, 15) is 4.79 Å². The van der Waals surface area contributed by atoms with Crippen molar-refractivity contribution in [2.45, 2.75) is 63.1 Å². The van der Waals surface area contributed by atoms with Gasteiger partial charge in [-0.15, -0.1) is 0 Å². The van der Waals surface area contributed by atoms with Gasteiger partial charge < -0.3 is 10.6 Å². The predicted octanol–water partition coefficient (Wildman–Crippen LogP) is 0.871. The molecule has 4 heteroatoms. The number of amides is 1. The molecule has 2 unspecified atom stereocenters. The molecule has 1 aliphatic carbocycles. The average Bonchev–Trinajstić information content (AvgIpc) is 3.12. The second kappa shape index (κ2) is 5.57. The van der Waals surface area contributed by atoms with E-state index >= 15 is 0 Å². The second-order valence-electron chi connectivity index (χ2n) is 6.02. The molecule has 0 aromatic rings. The van der Waals surface area contributed by atoms with Crippen molar-refractivity contribution in [3.63, 3.8) is 0 Å². The smallest absolute Gasteiger partial charge is 0.237 e. The first-order valence-electron chi connectivity index (χ1n) is 7.61. The van der Waals surface area contributed by atoms with Crippen molar-refractivity contribution in [1.82, 2.24) is 15.5 Å². The van der Waals surface area contributed by atoms with Crippen LogP contribution in [-0.2, 0) is 4.79 Å². The van der Waals surface area contributed by atoms with E-state index in [1.54, 1.807) is 0 Å². The minimum Gasteiger partial charge on any atom is -0.355 e. The molecule has 2 heterocycles. The monoisotopic (exact) mass is 251 g/mol. The fraction of sp³-hybridized carbons (Fsp3) is 0.929. The number of nitrogens with zero attached hydrogens (tertiary/aromatic N) is 1. The Kier molecular flexibility index (Phi) is 3.85. The van der Waals surface area contributed by atoms with E-state index in [4.69, 9.17) is 0 Å². The number of hydrogen-bond donors (Lipinski definition) is 2. The van der Waals surface area contributed by atoms with Gasteiger partial charge in [0.1, 0.15) is 0 Å². The molecule has 0 spiro atoms. The minimum atomic E-state index is 0.141. The Balaban J connectivity index is 1.65. The zero-order valence-corrected chi connectivity index (χ0v) is 11.2. The molecule has 2 atom stereocenters. The molecule has 3 aliphatic rings. The van der Waals surface area contributed by atoms with Crippen LogP contribution in [0.5, 0.6) is 0 Å². The third-order valence-corrected chi connectivity index (χ3v) is 4.52. The molecular weight excluding hydrogens is 226 g/mol. The van der Waals surface area contributed by atoms with Crippen LogP contribution in [0.15, 0.2) is 0 Å². The van der Waals surface area contributed by atoms with E-state index in [2.05, 4.69) is 15.5 Å². The van der Waals surface area contributed by atoms with Crippen LogP contribution in [-0.4, -0.2) is 48.6 Å². The van der Waals surface area contributed by atoms with Gasteiger partial charge in [-0.05, 0) is 51.5 Å². The normalized spacial score (nSPS) is 33.5. The van der Waals surface area contributed by atoms with Crippen LogP contribution >= 0.6 is 0 Å². The third-order valence-electron chi connectivity index (χ3n) is 4.52. The molecule has 2 aliphatic heterocycles. The summed E-state index contributed by atoms with van der Waals surface area (Å²) in [4.78, 5) is 14.7.